The summed E-state index contributed by atoms with van der Waals surface area (Å²) in [6.45, 7) is 1.89. The second-order valence-electron chi connectivity index (χ2n) is 2.43. The fraction of sp³-hybridized carbons (Fsp3) is 0.143. The zero-order chi connectivity index (χ0) is 7.84. The van der Waals surface area contributed by atoms with Crippen molar-refractivity contribution in [3.63, 3.8) is 0 Å². The standard InChI is InChI=1S/C7H8N4/c1-4-9-5-2-3-6(8)11-7(5)10-4/h2-3H,1H3,(H3,8,9,10,11). The van der Waals surface area contributed by atoms with E-state index in [1.54, 1.807) is 6.07 Å². The first-order chi connectivity index (χ1) is 5.25. The van der Waals surface area contributed by atoms with Gasteiger partial charge in [0.05, 0.1) is 5.52 Å². The Bertz CT molecular complexity index is 390. The van der Waals surface area contributed by atoms with Gasteiger partial charge in [-0.15, -0.1) is 0 Å². The highest BCUT2D eigenvalue weighted by Gasteiger charge is 1.98. The van der Waals surface area contributed by atoms with Gasteiger partial charge in [-0.25, -0.2) is 9.97 Å². The number of nitrogen functional groups attached to an aromatic ring is 1. The predicted molar refractivity (Wildman–Crippen MR) is 43.0 cm³/mol. The van der Waals surface area contributed by atoms with Crippen molar-refractivity contribution >= 4 is 17.0 Å². The van der Waals surface area contributed by atoms with Gasteiger partial charge in [0.15, 0.2) is 5.65 Å². The molecule has 4 heteroatoms. The average Bonchev–Trinajstić information content (AvgIpc) is 2.27. The molecule has 0 aliphatic carbocycles. The minimum absolute atomic E-state index is 0.504. The maximum Gasteiger partial charge on any atom is 0.179 e. The molecule has 2 aromatic heterocycles. The molecule has 4 nitrogen and oxygen atoms in total. The van der Waals surface area contributed by atoms with E-state index in [9.17, 15) is 0 Å². The van der Waals surface area contributed by atoms with Crippen LogP contribution >= 0.6 is 0 Å². The SMILES string of the molecule is Cc1nc2nc(N)ccc2[nH]1. The van der Waals surface area contributed by atoms with Crippen molar-refractivity contribution in [3.8, 4) is 0 Å². The van der Waals surface area contributed by atoms with Gasteiger partial charge in [0, 0.05) is 0 Å². The van der Waals surface area contributed by atoms with E-state index >= 15 is 0 Å². The molecule has 0 amide bonds. The summed E-state index contributed by atoms with van der Waals surface area (Å²) in [4.78, 5) is 11.2. The van der Waals surface area contributed by atoms with E-state index in [-0.39, 0.29) is 0 Å². The number of nitrogens with two attached hydrogens (primary N) is 1. The number of fused-ring (bicyclic) bond motifs is 1. The van der Waals surface area contributed by atoms with Crippen LogP contribution in [0.3, 0.4) is 0 Å². The minimum atomic E-state index is 0.504. The van der Waals surface area contributed by atoms with Crippen LogP contribution in [0.25, 0.3) is 11.2 Å². The number of rotatable bonds is 0. The molecule has 0 bridgehead atoms. The average molecular weight is 148 g/mol. The lowest BCUT2D eigenvalue weighted by atomic mass is 10.4. The molecule has 0 aliphatic heterocycles. The van der Waals surface area contributed by atoms with E-state index in [4.69, 9.17) is 5.73 Å². The van der Waals surface area contributed by atoms with Gasteiger partial charge in [-0.1, -0.05) is 0 Å². The van der Waals surface area contributed by atoms with Gasteiger partial charge >= 0.3 is 0 Å². The molecule has 0 aliphatic rings. The van der Waals surface area contributed by atoms with Crippen LogP contribution < -0.4 is 5.73 Å². The highest BCUT2D eigenvalue weighted by Crippen LogP contribution is 2.09. The van der Waals surface area contributed by atoms with Crippen LogP contribution in [0.4, 0.5) is 5.82 Å². The van der Waals surface area contributed by atoms with Gasteiger partial charge in [0.1, 0.15) is 11.6 Å². The number of nitrogens with one attached hydrogen (secondary N) is 1. The van der Waals surface area contributed by atoms with Crippen molar-refractivity contribution in [2.45, 2.75) is 6.92 Å². The quantitative estimate of drug-likeness (QED) is 0.582. The number of pyridine rings is 1. The van der Waals surface area contributed by atoms with Crippen LogP contribution in [0.1, 0.15) is 5.82 Å². The van der Waals surface area contributed by atoms with Gasteiger partial charge < -0.3 is 10.7 Å². The highest BCUT2D eigenvalue weighted by molar-refractivity contribution is 5.72. The molecule has 56 valence electrons. The summed E-state index contributed by atoms with van der Waals surface area (Å²) in [6.07, 6.45) is 0. The van der Waals surface area contributed by atoms with Crippen LogP contribution in [0.5, 0.6) is 0 Å². The molecule has 0 spiro atoms. The molecule has 11 heavy (non-hydrogen) atoms. The van der Waals surface area contributed by atoms with Crippen LogP contribution in [0, 0.1) is 6.92 Å². The largest absolute Gasteiger partial charge is 0.384 e. The summed E-state index contributed by atoms with van der Waals surface area (Å²) in [5, 5.41) is 0. The summed E-state index contributed by atoms with van der Waals surface area (Å²) in [5.74, 6) is 1.36. The second kappa shape index (κ2) is 1.95. The van der Waals surface area contributed by atoms with E-state index in [1.165, 1.54) is 0 Å². The van der Waals surface area contributed by atoms with Gasteiger partial charge in [0.25, 0.3) is 0 Å². The minimum Gasteiger partial charge on any atom is -0.384 e. The van der Waals surface area contributed by atoms with Crippen LogP contribution in [0.2, 0.25) is 0 Å². The molecule has 0 aromatic carbocycles. The molecule has 3 N–H and O–H groups in total. The molecular formula is C7H8N4. The van der Waals surface area contributed by atoms with E-state index in [2.05, 4.69) is 15.0 Å². The van der Waals surface area contributed by atoms with Crippen molar-refractivity contribution in [1.29, 1.82) is 0 Å². The monoisotopic (exact) mass is 148 g/mol. The number of hydrogen-bond donors (Lipinski definition) is 2. The number of aryl methyl sites for hydroxylation is 1. The van der Waals surface area contributed by atoms with E-state index in [0.717, 1.165) is 11.3 Å². The Labute approximate surface area is 63.5 Å². The lowest BCUT2D eigenvalue weighted by Crippen LogP contribution is -1.88. The molecule has 0 fully saturated rings. The molecule has 2 aromatic rings. The van der Waals surface area contributed by atoms with E-state index in [0.29, 0.717) is 11.5 Å². The van der Waals surface area contributed by atoms with Crippen molar-refractivity contribution in [2.24, 2.45) is 0 Å². The van der Waals surface area contributed by atoms with Crippen LogP contribution in [-0.2, 0) is 0 Å². The number of anilines is 1. The fourth-order valence-electron chi connectivity index (χ4n) is 1.03. The van der Waals surface area contributed by atoms with E-state index < -0.39 is 0 Å². The van der Waals surface area contributed by atoms with Crippen LogP contribution in [-0.4, -0.2) is 15.0 Å². The maximum absolute atomic E-state index is 5.47. The maximum atomic E-state index is 5.47. The third-order valence-electron chi connectivity index (χ3n) is 1.49. The van der Waals surface area contributed by atoms with Gasteiger partial charge in [-0.3, -0.25) is 0 Å². The fourth-order valence-corrected chi connectivity index (χ4v) is 1.03. The van der Waals surface area contributed by atoms with E-state index in [1.807, 2.05) is 13.0 Å². The topological polar surface area (TPSA) is 67.6 Å². The third kappa shape index (κ3) is 0.920. The Morgan fingerprint density at radius 1 is 1.36 bits per heavy atom. The Morgan fingerprint density at radius 2 is 2.18 bits per heavy atom. The molecule has 0 unspecified atom stereocenters. The Hall–Kier alpha value is -1.58. The number of nitrogens with zero attached hydrogens (tertiary/aromatic N) is 2. The predicted octanol–water partition coefficient (Wildman–Crippen LogP) is 0.849. The van der Waals surface area contributed by atoms with Gasteiger partial charge in [0.2, 0.25) is 0 Å². The summed E-state index contributed by atoms with van der Waals surface area (Å²) >= 11 is 0. The normalized spacial score (nSPS) is 10.6. The molecular weight excluding hydrogens is 140 g/mol. The summed E-state index contributed by atoms with van der Waals surface area (Å²) in [7, 11) is 0. The Kier molecular flexibility index (Phi) is 1.09. The van der Waals surface area contributed by atoms with Crippen molar-refractivity contribution in [3.05, 3.63) is 18.0 Å². The lowest BCUT2D eigenvalue weighted by Gasteiger charge is -1.88. The highest BCUT2D eigenvalue weighted by atomic mass is 15.0. The summed E-state index contributed by atoms with van der Waals surface area (Å²) in [6, 6.07) is 3.62. The number of hydrogen-bond acceptors (Lipinski definition) is 3. The Balaban J connectivity index is 2.82. The number of imidazole rings is 1. The second-order valence-corrected chi connectivity index (χ2v) is 2.43. The number of aromatic amines is 1. The molecule has 2 heterocycles. The molecule has 0 atom stereocenters. The first-order valence-electron chi connectivity index (χ1n) is 3.34. The molecule has 0 saturated heterocycles. The first-order valence-corrected chi connectivity index (χ1v) is 3.34. The molecule has 2 rings (SSSR count). The summed E-state index contributed by atoms with van der Waals surface area (Å²) in [5.41, 5.74) is 7.08. The van der Waals surface area contributed by atoms with Crippen molar-refractivity contribution < 1.29 is 0 Å². The smallest absolute Gasteiger partial charge is 0.179 e. The number of H-pyrrole nitrogens is 1. The zero-order valence-corrected chi connectivity index (χ0v) is 6.13. The third-order valence-corrected chi connectivity index (χ3v) is 1.49. The zero-order valence-electron chi connectivity index (χ0n) is 6.13. The molecule has 0 saturated carbocycles. The van der Waals surface area contributed by atoms with Gasteiger partial charge in [-0.2, -0.15) is 0 Å². The van der Waals surface area contributed by atoms with Gasteiger partial charge in [-0.05, 0) is 19.1 Å². The summed E-state index contributed by atoms with van der Waals surface area (Å²) < 4.78 is 0. The van der Waals surface area contributed by atoms with Crippen LogP contribution in [0.15, 0.2) is 12.1 Å². The molecule has 0 radical (unpaired) electrons. The van der Waals surface area contributed by atoms with Crippen molar-refractivity contribution in [1.82, 2.24) is 15.0 Å². The van der Waals surface area contributed by atoms with Crippen molar-refractivity contribution in [2.75, 3.05) is 5.73 Å². The lowest BCUT2D eigenvalue weighted by molar-refractivity contribution is 1.16. The first kappa shape index (κ1) is 6.15. The number of aromatic nitrogens is 3. The Morgan fingerprint density at radius 3 is 3.00 bits per heavy atom.